The fraction of sp³-hybridized carbons (Fsp3) is 0.250. The number of imidazole rings is 1. The van der Waals surface area contributed by atoms with Crippen LogP contribution in [0.3, 0.4) is 0 Å². The zero-order chi connectivity index (χ0) is 15.0. The Morgan fingerprint density at radius 1 is 1.43 bits per heavy atom. The number of allylic oxidation sites excluding steroid dienone is 1. The molecule has 2 atom stereocenters. The number of fused-ring (bicyclic) bond motifs is 1. The third kappa shape index (κ3) is 2.14. The molecule has 108 valence electrons. The minimum absolute atomic E-state index is 0.237. The summed E-state index contributed by atoms with van der Waals surface area (Å²) < 4.78 is 20.6. The predicted octanol–water partition coefficient (Wildman–Crippen LogP) is 3.23. The number of esters is 1. The normalized spacial score (nSPS) is 21.0. The molecule has 4 nitrogen and oxygen atoms in total. The quantitative estimate of drug-likeness (QED) is 0.629. The Morgan fingerprint density at radius 2 is 2.14 bits per heavy atom. The van der Waals surface area contributed by atoms with E-state index >= 15 is 0 Å². The van der Waals surface area contributed by atoms with E-state index in [1.807, 2.05) is 18.2 Å². The molecule has 0 amide bonds. The first-order chi connectivity index (χ1) is 10.1. The van der Waals surface area contributed by atoms with Crippen molar-refractivity contribution in [1.82, 2.24) is 9.55 Å². The summed E-state index contributed by atoms with van der Waals surface area (Å²) >= 11 is 0. The van der Waals surface area contributed by atoms with Gasteiger partial charge in [0, 0.05) is 6.42 Å². The Balaban J connectivity index is 2.14. The van der Waals surface area contributed by atoms with Gasteiger partial charge in [0.15, 0.2) is 0 Å². The molecule has 0 saturated heterocycles. The molecule has 1 aromatic carbocycles. The molecule has 0 radical (unpaired) electrons. The molecule has 1 heterocycles. The van der Waals surface area contributed by atoms with Crippen molar-refractivity contribution in [1.29, 1.82) is 0 Å². The van der Waals surface area contributed by atoms with Crippen LogP contribution in [0.1, 0.15) is 40.2 Å². The van der Waals surface area contributed by atoms with Crippen LogP contribution in [0, 0.1) is 0 Å². The van der Waals surface area contributed by atoms with Gasteiger partial charge in [0.25, 0.3) is 0 Å². The molecule has 3 rings (SSSR count). The minimum atomic E-state index is -1.06. The smallest absolute Gasteiger partial charge is 0.356 e. The van der Waals surface area contributed by atoms with Gasteiger partial charge < -0.3 is 9.30 Å². The molecular formula is C16H15FN2O2. The highest BCUT2D eigenvalue weighted by molar-refractivity contribution is 5.87. The number of hydrogen-bond acceptors (Lipinski definition) is 3. The number of aromatic nitrogens is 2. The van der Waals surface area contributed by atoms with Gasteiger partial charge in [-0.2, -0.15) is 0 Å². The maximum atomic E-state index is 14.2. The molecule has 0 fully saturated rings. The summed E-state index contributed by atoms with van der Waals surface area (Å²) in [4.78, 5) is 15.9. The first-order valence-corrected chi connectivity index (χ1v) is 6.64. The highest BCUT2D eigenvalue weighted by Gasteiger charge is 2.32. The van der Waals surface area contributed by atoms with Crippen molar-refractivity contribution in [2.45, 2.75) is 18.6 Å². The van der Waals surface area contributed by atoms with E-state index < -0.39 is 12.1 Å². The van der Waals surface area contributed by atoms with E-state index in [9.17, 15) is 9.18 Å². The highest BCUT2D eigenvalue weighted by Crippen LogP contribution is 2.43. The number of benzene rings is 1. The fourth-order valence-electron chi connectivity index (χ4n) is 2.84. The summed E-state index contributed by atoms with van der Waals surface area (Å²) in [5.41, 5.74) is 2.49. The molecule has 1 aliphatic rings. The Morgan fingerprint density at radius 3 is 2.86 bits per heavy atom. The zero-order valence-corrected chi connectivity index (χ0v) is 11.6. The van der Waals surface area contributed by atoms with E-state index in [-0.39, 0.29) is 12.5 Å². The lowest BCUT2D eigenvalue weighted by Gasteiger charge is -2.31. The molecular weight excluding hydrogens is 271 g/mol. The van der Waals surface area contributed by atoms with Crippen molar-refractivity contribution in [3.63, 3.8) is 0 Å². The number of carbonyl (C=O) groups is 1. The molecule has 0 N–H and O–H groups in total. The van der Waals surface area contributed by atoms with Gasteiger partial charge in [-0.25, -0.2) is 14.2 Å². The number of hydrogen-bond donors (Lipinski definition) is 0. The van der Waals surface area contributed by atoms with Gasteiger partial charge in [-0.05, 0) is 16.7 Å². The first-order valence-electron chi connectivity index (χ1n) is 6.64. The van der Waals surface area contributed by atoms with Crippen LogP contribution in [0.15, 0.2) is 48.9 Å². The predicted molar refractivity (Wildman–Crippen MR) is 75.8 cm³/mol. The fourth-order valence-corrected chi connectivity index (χ4v) is 2.84. The first kappa shape index (κ1) is 13.5. The van der Waals surface area contributed by atoms with Crippen LogP contribution in [0.4, 0.5) is 4.39 Å². The van der Waals surface area contributed by atoms with E-state index in [4.69, 9.17) is 4.74 Å². The van der Waals surface area contributed by atoms with Crippen LogP contribution in [-0.4, -0.2) is 22.6 Å². The van der Waals surface area contributed by atoms with Crippen molar-refractivity contribution < 1.29 is 13.9 Å². The molecule has 0 saturated carbocycles. The van der Waals surface area contributed by atoms with Gasteiger partial charge in [-0.1, -0.05) is 30.8 Å². The monoisotopic (exact) mass is 286 g/mol. The van der Waals surface area contributed by atoms with Crippen LogP contribution < -0.4 is 0 Å². The molecule has 5 heteroatoms. The molecule has 1 aliphatic carbocycles. The number of ether oxygens (including phenoxy) is 1. The standard InChI is InChI=1S/C16H15FN2O2/c1-10-7-13(17)11-5-3-4-6-12(11)15(10)19-9-18-8-14(19)16(20)21-2/h3-6,8-9,13,15H,1,7H2,2H3/t13-,15-/m0/s1. The van der Waals surface area contributed by atoms with Gasteiger partial charge in [-0.3, -0.25) is 0 Å². The lowest BCUT2D eigenvalue weighted by Crippen LogP contribution is -2.23. The Labute approximate surface area is 121 Å². The van der Waals surface area contributed by atoms with Gasteiger partial charge >= 0.3 is 5.97 Å². The summed E-state index contributed by atoms with van der Waals surface area (Å²) in [6.45, 7) is 3.99. The Kier molecular flexibility index (Phi) is 3.33. The summed E-state index contributed by atoms with van der Waals surface area (Å²) in [5.74, 6) is -0.472. The van der Waals surface area contributed by atoms with E-state index in [1.165, 1.54) is 13.3 Å². The van der Waals surface area contributed by atoms with E-state index in [2.05, 4.69) is 11.6 Å². The molecule has 0 unspecified atom stereocenters. The van der Waals surface area contributed by atoms with Gasteiger partial charge in [-0.15, -0.1) is 0 Å². The van der Waals surface area contributed by atoms with Crippen LogP contribution in [0.2, 0.25) is 0 Å². The topological polar surface area (TPSA) is 44.1 Å². The van der Waals surface area contributed by atoms with Crippen molar-refractivity contribution in [3.8, 4) is 0 Å². The maximum Gasteiger partial charge on any atom is 0.356 e. The molecule has 0 spiro atoms. The summed E-state index contributed by atoms with van der Waals surface area (Å²) in [7, 11) is 1.32. The number of alkyl halides is 1. The number of carbonyl (C=O) groups excluding carboxylic acids is 1. The van der Waals surface area contributed by atoms with Crippen LogP contribution in [-0.2, 0) is 4.74 Å². The summed E-state index contributed by atoms with van der Waals surface area (Å²) in [6.07, 6.45) is 2.18. The van der Waals surface area contributed by atoms with Gasteiger partial charge in [0.1, 0.15) is 11.9 Å². The second-order valence-corrected chi connectivity index (χ2v) is 5.04. The average Bonchev–Trinajstić information content (AvgIpc) is 2.96. The maximum absolute atomic E-state index is 14.2. The molecule has 1 aromatic heterocycles. The summed E-state index contributed by atoms with van der Waals surface area (Å²) in [6, 6.07) is 6.99. The summed E-state index contributed by atoms with van der Waals surface area (Å²) in [5, 5.41) is 0. The molecule has 0 aliphatic heterocycles. The van der Waals surface area contributed by atoms with Gasteiger partial charge in [0.2, 0.25) is 0 Å². The highest BCUT2D eigenvalue weighted by atomic mass is 19.1. The Hall–Kier alpha value is -2.43. The SMILES string of the molecule is C=C1C[C@H](F)c2ccccc2[C@H]1n1cncc1C(=O)OC. The zero-order valence-electron chi connectivity index (χ0n) is 11.6. The van der Waals surface area contributed by atoms with Crippen molar-refractivity contribution >= 4 is 5.97 Å². The molecule has 21 heavy (non-hydrogen) atoms. The van der Waals surface area contributed by atoms with Crippen molar-refractivity contribution in [3.05, 3.63) is 65.8 Å². The van der Waals surface area contributed by atoms with Crippen LogP contribution in [0.5, 0.6) is 0 Å². The second-order valence-electron chi connectivity index (χ2n) is 5.04. The third-order valence-electron chi connectivity index (χ3n) is 3.79. The molecule has 0 bridgehead atoms. The second kappa shape index (κ2) is 5.16. The van der Waals surface area contributed by atoms with Crippen molar-refractivity contribution in [2.75, 3.05) is 7.11 Å². The third-order valence-corrected chi connectivity index (χ3v) is 3.79. The number of halogens is 1. The number of rotatable bonds is 2. The lowest BCUT2D eigenvalue weighted by atomic mass is 9.83. The van der Waals surface area contributed by atoms with E-state index in [0.717, 1.165) is 5.56 Å². The van der Waals surface area contributed by atoms with Crippen molar-refractivity contribution in [2.24, 2.45) is 0 Å². The van der Waals surface area contributed by atoms with Gasteiger partial charge in [0.05, 0.1) is 25.7 Å². The van der Waals surface area contributed by atoms with Crippen LogP contribution >= 0.6 is 0 Å². The van der Waals surface area contributed by atoms with E-state index in [0.29, 0.717) is 16.8 Å². The number of nitrogens with zero attached hydrogens (tertiary/aromatic N) is 2. The average molecular weight is 286 g/mol. The molecule has 2 aromatic rings. The number of methoxy groups -OCH3 is 1. The van der Waals surface area contributed by atoms with Crippen LogP contribution in [0.25, 0.3) is 0 Å². The minimum Gasteiger partial charge on any atom is -0.464 e. The Bertz CT molecular complexity index is 708. The largest absolute Gasteiger partial charge is 0.464 e. The lowest BCUT2D eigenvalue weighted by molar-refractivity contribution is 0.0587. The van der Waals surface area contributed by atoms with E-state index in [1.54, 1.807) is 17.0 Å².